The first-order valence-electron chi connectivity index (χ1n) is 5.39. The molecule has 0 aromatic heterocycles. The van der Waals surface area contributed by atoms with E-state index >= 15 is 0 Å². The Bertz CT molecular complexity index is 583. The highest BCUT2D eigenvalue weighted by molar-refractivity contribution is 6.00. The highest BCUT2D eigenvalue weighted by Crippen LogP contribution is 2.36. The number of nitriles is 1. The van der Waals surface area contributed by atoms with Gasteiger partial charge in [-0.05, 0) is 6.07 Å². The average Bonchev–Trinajstić information content (AvgIpc) is 2.65. The molecule has 1 aromatic carbocycles. The van der Waals surface area contributed by atoms with Crippen LogP contribution in [0.5, 0.6) is 0 Å². The maximum atomic E-state index is 13.6. The third-order valence-electron chi connectivity index (χ3n) is 2.93. The molecule has 0 saturated heterocycles. The summed E-state index contributed by atoms with van der Waals surface area (Å²) >= 11 is 0. The second kappa shape index (κ2) is 4.90. The van der Waals surface area contributed by atoms with Crippen LogP contribution < -0.4 is 0 Å². The standard InChI is InChI=1S/C12H9F3N2O2/c1-19-3-2-17-8(5-16)6-4-7(13)10(14)11(15)9(6)12(17)18/h4,8H,2-3H2,1H3. The number of rotatable bonds is 3. The molecule has 1 aliphatic rings. The van der Waals surface area contributed by atoms with E-state index in [0.29, 0.717) is 6.07 Å². The third-order valence-corrected chi connectivity index (χ3v) is 2.93. The molecule has 1 aromatic rings. The van der Waals surface area contributed by atoms with Crippen molar-refractivity contribution in [3.63, 3.8) is 0 Å². The monoisotopic (exact) mass is 270 g/mol. The van der Waals surface area contributed by atoms with Gasteiger partial charge in [0.25, 0.3) is 5.91 Å². The number of methoxy groups -OCH3 is 1. The second-order valence-corrected chi connectivity index (χ2v) is 3.97. The fraction of sp³-hybridized carbons (Fsp3) is 0.333. The minimum absolute atomic E-state index is 0.0327. The zero-order valence-electron chi connectivity index (χ0n) is 9.91. The Hall–Kier alpha value is -2.07. The lowest BCUT2D eigenvalue weighted by atomic mass is 10.0. The second-order valence-electron chi connectivity index (χ2n) is 3.97. The largest absolute Gasteiger partial charge is 0.383 e. The highest BCUT2D eigenvalue weighted by atomic mass is 19.2. The molecule has 1 amide bonds. The molecule has 19 heavy (non-hydrogen) atoms. The summed E-state index contributed by atoms with van der Waals surface area (Å²) < 4.78 is 44.7. The van der Waals surface area contributed by atoms with Gasteiger partial charge >= 0.3 is 0 Å². The van der Waals surface area contributed by atoms with E-state index in [1.807, 2.05) is 0 Å². The molecule has 0 aliphatic carbocycles. The lowest BCUT2D eigenvalue weighted by Crippen LogP contribution is -2.30. The van der Waals surface area contributed by atoms with Crippen molar-refractivity contribution in [2.24, 2.45) is 0 Å². The fourth-order valence-corrected chi connectivity index (χ4v) is 2.03. The van der Waals surface area contributed by atoms with Crippen LogP contribution in [-0.2, 0) is 4.74 Å². The first-order valence-corrected chi connectivity index (χ1v) is 5.39. The summed E-state index contributed by atoms with van der Waals surface area (Å²) in [5.74, 6) is -5.52. The van der Waals surface area contributed by atoms with Gasteiger partial charge in [-0.1, -0.05) is 0 Å². The average molecular weight is 270 g/mol. The topological polar surface area (TPSA) is 53.3 Å². The van der Waals surface area contributed by atoms with Gasteiger partial charge in [-0.25, -0.2) is 13.2 Å². The van der Waals surface area contributed by atoms with Gasteiger partial charge in [0.1, 0.15) is 6.04 Å². The van der Waals surface area contributed by atoms with Crippen LogP contribution in [0.3, 0.4) is 0 Å². The number of nitrogens with zero attached hydrogens (tertiary/aromatic N) is 2. The summed E-state index contributed by atoms with van der Waals surface area (Å²) in [5.41, 5.74) is -0.735. The molecule has 0 radical (unpaired) electrons. The number of carbonyl (C=O) groups is 1. The molecule has 1 atom stereocenters. The molecule has 0 bridgehead atoms. The van der Waals surface area contributed by atoms with Crippen molar-refractivity contribution in [1.82, 2.24) is 4.90 Å². The van der Waals surface area contributed by atoms with Gasteiger partial charge in [-0.2, -0.15) is 5.26 Å². The van der Waals surface area contributed by atoms with E-state index in [0.717, 1.165) is 4.90 Å². The number of hydrogen-bond donors (Lipinski definition) is 0. The Balaban J connectivity index is 2.53. The number of amides is 1. The molecular formula is C12H9F3N2O2. The first kappa shape index (κ1) is 13.4. The number of benzene rings is 1. The maximum absolute atomic E-state index is 13.6. The Labute approximate surface area is 107 Å². The van der Waals surface area contributed by atoms with Crippen molar-refractivity contribution < 1.29 is 22.7 Å². The van der Waals surface area contributed by atoms with Gasteiger partial charge in [0.2, 0.25) is 0 Å². The Morgan fingerprint density at radius 2 is 2.11 bits per heavy atom. The van der Waals surface area contributed by atoms with Gasteiger partial charge in [0, 0.05) is 19.2 Å². The predicted molar refractivity (Wildman–Crippen MR) is 57.6 cm³/mol. The number of hydrogen-bond acceptors (Lipinski definition) is 3. The summed E-state index contributed by atoms with van der Waals surface area (Å²) in [6.07, 6.45) is 0. The molecular weight excluding hydrogens is 261 g/mol. The van der Waals surface area contributed by atoms with Gasteiger partial charge in [-0.3, -0.25) is 4.79 Å². The van der Waals surface area contributed by atoms with Gasteiger partial charge < -0.3 is 9.64 Å². The number of carbonyl (C=O) groups excluding carboxylic acids is 1. The minimum Gasteiger partial charge on any atom is -0.383 e. The van der Waals surface area contributed by atoms with Crippen LogP contribution in [0, 0.1) is 28.8 Å². The van der Waals surface area contributed by atoms with Crippen LogP contribution in [0.4, 0.5) is 13.2 Å². The molecule has 0 spiro atoms. The Morgan fingerprint density at radius 1 is 1.42 bits per heavy atom. The predicted octanol–water partition coefficient (Wildman–Crippen LogP) is 1.77. The van der Waals surface area contributed by atoms with Crippen LogP contribution in [0.25, 0.3) is 0 Å². The van der Waals surface area contributed by atoms with Crippen molar-refractivity contribution in [2.75, 3.05) is 20.3 Å². The van der Waals surface area contributed by atoms with Crippen LogP contribution >= 0.6 is 0 Å². The molecule has 0 saturated carbocycles. The van der Waals surface area contributed by atoms with E-state index in [1.165, 1.54) is 7.11 Å². The van der Waals surface area contributed by atoms with E-state index in [2.05, 4.69) is 0 Å². The van der Waals surface area contributed by atoms with Crippen molar-refractivity contribution in [3.8, 4) is 6.07 Å². The van der Waals surface area contributed by atoms with E-state index in [1.54, 1.807) is 6.07 Å². The van der Waals surface area contributed by atoms with Crippen LogP contribution in [0.1, 0.15) is 22.0 Å². The molecule has 0 fully saturated rings. The van der Waals surface area contributed by atoms with E-state index in [4.69, 9.17) is 10.00 Å². The van der Waals surface area contributed by atoms with Crippen molar-refractivity contribution in [2.45, 2.75) is 6.04 Å². The lowest BCUT2D eigenvalue weighted by molar-refractivity contribution is 0.0689. The Kier molecular flexibility index (Phi) is 3.44. The Morgan fingerprint density at radius 3 is 2.68 bits per heavy atom. The summed E-state index contributed by atoms with van der Waals surface area (Å²) in [6.45, 7) is 0.162. The van der Waals surface area contributed by atoms with Crippen molar-refractivity contribution in [1.29, 1.82) is 5.26 Å². The van der Waals surface area contributed by atoms with E-state index in [9.17, 15) is 18.0 Å². The summed E-state index contributed by atoms with van der Waals surface area (Å²) in [4.78, 5) is 13.0. The summed E-state index contributed by atoms with van der Waals surface area (Å²) in [6, 6.07) is 1.33. The minimum atomic E-state index is -1.71. The smallest absolute Gasteiger partial charge is 0.258 e. The van der Waals surface area contributed by atoms with Crippen LogP contribution in [-0.4, -0.2) is 31.1 Å². The molecule has 1 heterocycles. The molecule has 2 rings (SSSR count). The van der Waals surface area contributed by atoms with Crippen LogP contribution in [0.2, 0.25) is 0 Å². The fourth-order valence-electron chi connectivity index (χ4n) is 2.03. The number of ether oxygens (including phenoxy) is 1. The first-order chi connectivity index (χ1) is 9.02. The van der Waals surface area contributed by atoms with Crippen molar-refractivity contribution in [3.05, 3.63) is 34.6 Å². The summed E-state index contributed by atoms with van der Waals surface area (Å²) in [7, 11) is 1.40. The third kappa shape index (κ3) is 1.94. The normalized spacial score (nSPS) is 17.5. The number of fused-ring (bicyclic) bond motifs is 1. The van der Waals surface area contributed by atoms with Crippen molar-refractivity contribution >= 4 is 5.91 Å². The van der Waals surface area contributed by atoms with E-state index < -0.39 is 35.0 Å². The number of halogens is 3. The summed E-state index contributed by atoms with van der Waals surface area (Å²) in [5, 5.41) is 9.03. The van der Waals surface area contributed by atoms with Gasteiger partial charge in [0.05, 0.1) is 18.2 Å². The van der Waals surface area contributed by atoms with Gasteiger partial charge in [0.15, 0.2) is 17.5 Å². The lowest BCUT2D eigenvalue weighted by Gasteiger charge is -2.19. The SMILES string of the molecule is COCCN1C(=O)c2c(cc(F)c(F)c2F)C1C#N. The zero-order chi connectivity index (χ0) is 14.2. The molecule has 7 heteroatoms. The van der Waals surface area contributed by atoms with E-state index in [-0.39, 0.29) is 18.7 Å². The highest BCUT2D eigenvalue weighted by Gasteiger charge is 2.41. The molecule has 0 N–H and O–H groups in total. The zero-order valence-corrected chi connectivity index (χ0v) is 9.91. The molecule has 100 valence electrons. The molecule has 1 unspecified atom stereocenters. The maximum Gasteiger partial charge on any atom is 0.258 e. The van der Waals surface area contributed by atoms with Gasteiger partial charge in [-0.15, -0.1) is 0 Å². The quantitative estimate of drug-likeness (QED) is 0.786. The van der Waals surface area contributed by atoms with Crippen LogP contribution in [0.15, 0.2) is 6.07 Å². The molecule has 4 nitrogen and oxygen atoms in total. The molecule has 1 aliphatic heterocycles.